The minimum atomic E-state index is -0.0261. The Kier molecular flexibility index (Phi) is 6.01. The largest absolute Gasteiger partial charge is 0.360 e. The number of benzene rings is 2. The minimum absolute atomic E-state index is 0.0261. The lowest BCUT2D eigenvalue weighted by Crippen LogP contribution is -2.26. The predicted molar refractivity (Wildman–Crippen MR) is 104 cm³/mol. The molecular formula is C20H19ClN2O2S. The van der Waals surface area contributed by atoms with Crippen molar-refractivity contribution in [2.45, 2.75) is 24.1 Å². The molecule has 3 aromatic rings. The SMILES string of the molecule is Cc1cc(CSc2ccccc2C(=O)N(C)Cc2cccc(Cl)c2)on1. The number of thioether (sulfide) groups is 1. The molecule has 6 heteroatoms. The molecule has 0 atom stereocenters. The number of hydrogen-bond acceptors (Lipinski definition) is 4. The molecular weight excluding hydrogens is 368 g/mol. The van der Waals surface area contributed by atoms with Crippen molar-refractivity contribution < 1.29 is 9.32 Å². The number of rotatable bonds is 6. The maximum atomic E-state index is 12.9. The zero-order chi connectivity index (χ0) is 18.5. The molecule has 0 saturated heterocycles. The Balaban J connectivity index is 1.72. The highest BCUT2D eigenvalue weighted by molar-refractivity contribution is 7.98. The van der Waals surface area contributed by atoms with Crippen molar-refractivity contribution >= 4 is 29.3 Å². The third-order valence-corrected chi connectivity index (χ3v) is 5.15. The number of hydrogen-bond donors (Lipinski definition) is 0. The smallest absolute Gasteiger partial charge is 0.255 e. The van der Waals surface area contributed by atoms with Gasteiger partial charge < -0.3 is 9.42 Å². The van der Waals surface area contributed by atoms with Gasteiger partial charge in [-0.05, 0) is 36.8 Å². The molecule has 0 aliphatic rings. The van der Waals surface area contributed by atoms with Gasteiger partial charge in [0.1, 0.15) is 5.76 Å². The lowest BCUT2D eigenvalue weighted by molar-refractivity contribution is 0.0781. The Hall–Kier alpha value is -2.24. The molecule has 1 amide bonds. The molecule has 0 spiro atoms. The Labute approximate surface area is 162 Å². The van der Waals surface area contributed by atoms with Crippen LogP contribution in [0.15, 0.2) is 64.0 Å². The molecule has 0 bridgehead atoms. The van der Waals surface area contributed by atoms with Crippen LogP contribution >= 0.6 is 23.4 Å². The van der Waals surface area contributed by atoms with E-state index in [4.69, 9.17) is 16.1 Å². The van der Waals surface area contributed by atoms with Crippen LogP contribution in [0.1, 0.15) is 27.4 Å². The van der Waals surface area contributed by atoms with Crippen molar-refractivity contribution in [1.82, 2.24) is 10.1 Å². The van der Waals surface area contributed by atoms with E-state index in [-0.39, 0.29) is 5.91 Å². The van der Waals surface area contributed by atoms with Crippen molar-refractivity contribution in [3.05, 3.63) is 82.2 Å². The summed E-state index contributed by atoms with van der Waals surface area (Å²) in [7, 11) is 1.80. The second kappa shape index (κ2) is 8.43. The van der Waals surface area contributed by atoms with Crippen molar-refractivity contribution in [1.29, 1.82) is 0 Å². The standard InChI is InChI=1S/C20H19ClN2O2S/c1-14-10-17(25-22-14)13-26-19-9-4-3-8-18(19)20(24)23(2)12-15-6-5-7-16(21)11-15/h3-11H,12-13H2,1-2H3. The molecule has 1 heterocycles. The van der Waals surface area contributed by atoms with Gasteiger partial charge >= 0.3 is 0 Å². The van der Waals surface area contributed by atoms with E-state index < -0.39 is 0 Å². The van der Waals surface area contributed by atoms with Gasteiger partial charge in [-0.25, -0.2) is 0 Å². The first kappa shape index (κ1) is 18.5. The average molecular weight is 387 g/mol. The van der Waals surface area contributed by atoms with Crippen molar-refractivity contribution in [3.8, 4) is 0 Å². The van der Waals surface area contributed by atoms with Crippen molar-refractivity contribution in [2.75, 3.05) is 7.05 Å². The molecule has 0 aliphatic heterocycles. The van der Waals surface area contributed by atoms with Crippen LogP contribution in [-0.4, -0.2) is 23.0 Å². The molecule has 0 unspecified atom stereocenters. The molecule has 1 aromatic heterocycles. The predicted octanol–water partition coefficient (Wildman–Crippen LogP) is 5.20. The molecule has 0 aliphatic carbocycles. The first-order valence-corrected chi connectivity index (χ1v) is 9.53. The molecule has 26 heavy (non-hydrogen) atoms. The summed E-state index contributed by atoms with van der Waals surface area (Å²) in [6.07, 6.45) is 0. The van der Waals surface area contributed by atoms with Crippen molar-refractivity contribution in [2.24, 2.45) is 0 Å². The van der Waals surface area contributed by atoms with Crippen LogP contribution in [0.3, 0.4) is 0 Å². The van der Waals surface area contributed by atoms with Crippen LogP contribution in [0.2, 0.25) is 5.02 Å². The first-order chi connectivity index (χ1) is 12.5. The number of amides is 1. The molecule has 0 saturated carbocycles. The summed E-state index contributed by atoms with van der Waals surface area (Å²) in [6, 6.07) is 17.1. The van der Waals surface area contributed by atoms with Crippen LogP contribution < -0.4 is 0 Å². The second-order valence-electron chi connectivity index (χ2n) is 6.01. The lowest BCUT2D eigenvalue weighted by atomic mass is 10.1. The zero-order valence-corrected chi connectivity index (χ0v) is 16.2. The summed E-state index contributed by atoms with van der Waals surface area (Å²) in [4.78, 5) is 15.5. The fourth-order valence-electron chi connectivity index (χ4n) is 2.59. The number of carbonyl (C=O) groups excluding carboxylic acids is 1. The summed E-state index contributed by atoms with van der Waals surface area (Å²) in [5.74, 6) is 1.40. The van der Waals surface area contributed by atoms with E-state index in [1.165, 1.54) is 0 Å². The fourth-order valence-corrected chi connectivity index (χ4v) is 3.72. The monoisotopic (exact) mass is 386 g/mol. The highest BCUT2D eigenvalue weighted by Crippen LogP contribution is 2.27. The molecule has 134 valence electrons. The fraction of sp³-hybridized carbons (Fsp3) is 0.200. The number of aryl methyl sites for hydroxylation is 1. The van der Waals surface area contributed by atoms with Gasteiger partial charge in [0, 0.05) is 29.6 Å². The van der Waals surface area contributed by atoms with Gasteiger partial charge in [0.25, 0.3) is 5.91 Å². The minimum Gasteiger partial charge on any atom is -0.360 e. The Morgan fingerprint density at radius 2 is 2.00 bits per heavy atom. The van der Waals surface area contributed by atoms with Gasteiger partial charge in [0.15, 0.2) is 0 Å². The lowest BCUT2D eigenvalue weighted by Gasteiger charge is -2.19. The van der Waals surface area contributed by atoms with E-state index in [0.29, 0.717) is 22.9 Å². The van der Waals surface area contributed by atoms with Gasteiger partial charge in [-0.1, -0.05) is 41.0 Å². The van der Waals surface area contributed by atoms with Gasteiger partial charge in [0.2, 0.25) is 0 Å². The number of aromatic nitrogens is 1. The molecule has 0 fully saturated rings. The van der Waals surface area contributed by atoms with E-state index in [1.807, 2.05) is 61.5 Å². The zero-order valence-electron chi connectivity index (χ0n) is 14.6. The summed E-state index contributed by atoms with van der Waals surface area (Å²) >= 11 is 7.60. The van der Waals surface area contributed by atoms with E-state index in [0.717, 1.165) is 21.9 Å². The summed E-state index contributed by atoms with van der Waals surface area (Å²) in [6.45, 7) is 2.39. The average Bonchev–Trinajstić information content (AvgIpc) is 3.05. The highest BCUT2D eigenvalue weighted by atomic mass is 35.5. The topological polar surface area (TPSA) is 46.3 Å². The summed E-state index contributed by atoms with van der Waals surface area (Å²) in [5, 5.41) is 4.56. The number of nitrogens with zero attached hydrogens (tertiary/aromatic N) is 2. The third kappa shape index (κ3) is 4.68. The van der Waals surface area contributed by atoms with Crippen LogP contribution in [0.25, 0.3) is 0 Å². The van der Waals surface area contributed by atoms with E-state index in [2.05, 4.69) is 5.16 Å². The maximum absolute atomic E-state index is 12.9. The Bertz CT molecular complexity index is 910. The van der Waals surface area contributed by atoms with E-state index in [9.17, 15) is 4.79 Å². The molecule has 2 aromatic carbocycles. The van der Waals surface area contributed by atoms with E-state index >= 15 is 0 Å². The first-order valence-electron chi connectivity index (χ1n) is 8.17. The molecule has 0 radical (unpaired) electrons. The van der Waals surface area contributed by atoms with Gasteiger partial charge in [0.05, 0.1) is 17.0 Å². The quantitative estimate of drug-likeness (QED) is 0.546. The Morgan fingerprint density at radius 3 is 2.73 bits per heavy atom. The van der Waals surface area contributed by atoms with Crippen LogP contribution in [0.4, 0.5) is 0 Å². The second-order valence-corrected chi connectivity index (χ2v) is 7.46. The van der Waals surface area contributed by atoms with Crippen LogP contribution in [0.5, 0.6) is 0 Å². The highest BCUT2D eigenvalue weighted by Gasteiger charge is 2.16. The Morgan fingerprint density at radius 1 is 1.19 bits per heavy atom. The maximum Gasteiger partial charge on any atom is 0.255 e. The van der Waals surface area contributed by atoms with E-state index in [1.54, 1.807) is 23.7 Å². The van der Waals surface area contributed by atoms with Gasteiger partial charge in [-0.3, -0.25) is 4.79 Å². The van der Waals surface area contributed by atoms with Crippen LogP contribution in [0, 0.1) is 6.92 Å². The molecule has 3 rings (SSSR count). The normalized spacial score (nSPS) is 10.7. The molecule has 4 nitrogen and oxygen atoms in total. The van der Waals surface area contributed by atoms with Crippen LogP contribution in [-0.2, 0) is 12.3 Å². The number of carbonyl (C=O) groups is 1. The number of halogens is 1. The summed E-state index contributed by atoms with van der Waals surface area (Å²) < 4.78 is 5.25. The summed E-state index contributed by atoms with van der Waals surface area (Å²) in [5.41, 5.74) is 2.53. The van der Waals surface area contributed by atoms with Gasteiger partial charge in [-0.2, -0.15) is 0 Å². The van der Waals surface area contributed by atoms with Crippen molar-refractivity contribution in [3.63, 3.8) is 0 Å². The molecule has 0 N–H and O–H groups in total. The third-order valence-electron chi connectivity index (χ3n) is 3.82. The van der Waals surface area contributed by atoms with Gasteiger partial charge in [-0.15, -0.1) is 11.8 Å².